The van der Waals surface area contributed by atoms with E-state index in [0.717, 1.165) is 11.4 Å². The predicted octanol–water partition coefficient (Wildman–Crippen LogP) is 1.10. The van der Waals surface area contributed by atoms with Gasteiger partial charge in [-0.15, -0.1) is 11.3 Å². The van der Waals surface area contributed by atoms with Crippen LogP contribution in [0.1, 0.15) is 4.88 Å². The van der Waals surface area contributed by atoms with Crippen LogP contribution in [0, 0.1) is 0 Å². The molecule has 0 atom stereocenters. The Morgan fingerprint density at radius 3 is 2.71 bits per heavy atom. The normalized spacial score (nSPS) is 10.4. The summed E-state index contributed by atoms with van der Waals surface area (Å²) >= 11 is 1.59. The number of nitrogens with two attached hydrogens (primary N) is 1. The van der Waals surface area contributed by atoms with Crippen molar-refractivity contribution in [3.8, 4) is 10.8 Å². The van der Waals surface area contributed by atoms with E-state index in [1.165, 1.54) is 4.88 Å². The summed E-state index contributed by atoms with van der Waals surface area (Å²) in [7, 11) is 0. The molecular formula is C9H10N4S. The molecule has 0 fully saturated rings. The van der Waals surface area contributed by atoms with E-state index in [1.54, 1.807) is 29.8 Å². The number of aromatic nitrogens is 3. The van der Waals surface area contributed by atoms with Gasteiger partial charge in [-0.2, -0.15) is 0 Å². The van der Waals surface area contributed by atoms with Crippen LogP contribution in [0.4, 0.5) is 0 Å². The number of thiazole rings is 1. The standard InChI is InChI=1S/C9H10N4S/c10-3-2-7-6-13-9(14-7)8-11-4-1-5-12-8/h1,4-6H,2-3,10H2. The second kappa shape index (κ2) is 4.26. The summed E-state index contributed by atoms with van der Waals surface area (Å²) < 4.78 is 0. The van der Waals surface area contributed by atoms with Gasteiger partial charge in [0.25, 0.3) is 0 Å². The second-order valence-corrected chi connectivity index (χ2v) is 3.86. The van der Waals surface area contributed by atoms with Crippen molar-refractivity contribution in [1.29, 1.82) is 0 Å². The molecule has 0 spiro atoms. The Balaban J connectivity index is 2.25. The molecule has 5 heteroatoms. The molecule has 4 nitrogen and oxygen atoms in total. The Hall–Kier alpha value is -1.33. The van der Waals surface area contributed by atoms with E-state index in [1.807, 2.05) is 6.20 Å². The van der Waals surface area contributed by atoms with Crippen molar-refractivity contribution in [2.45, 2.75) is 6.42 Å². The fourth-order valence-corrected chi connectivity index (χ4v) is 1.95. The van der Waals surface area contributed by atoms with Gasteiger partial charge < -0.3 is 5.73 Å². The summed E-state index contributed by atoms with van der Waals surface area (Å²) in [5.41, 5.74) is 5.46. The lowest BCUT2D eigenvalue weighted by Gasteiger charge is -1.91. The zero-order valence-corrected chi connectivity index (χ0v) is 8.37. The molecule has 0 aromatic carbocycles. The number of hydrogen-bond donors (Lipinski definition) is 1. The average molecular weight is 206 g/mol. The Morgan fingerprint density at radius 1 is 1.21 bits per heavy atom. The van der Waals surface area contributed by atoms with Crippen LogP contribution in [-0.4, -0.2) is 21.5 Å². The third-order valence-corrected chi connectivity index (χ3v) is 2.75. The SMILES string of the molecule is NCCc1cnc(-c2ncccn2)s1. The zero-order valence-electron chi connectivity index (χ0n) is 7.55. The number of hydrogen-bond acceptors (Lipinski definition) is 5. The van der Waals surface area contributed by atoms with Crippen LogP contribution >= 0.6 is 11.3 Å². The van der Waals surface area contributed by atoms with Gasteiger partial charge >= 0.3 is 0 Å². The lowest BCUT2D eigenvalue weighted by molar-refractivity contribution is 0.984. The molecule has 0 radical (unpaired) electrons. The maximum Gasteiger partial charge on any atom is 0.188 e. The first kappa shape index (κ1) is 9.23. The maximum absolute atomic E-state index is 5.46. The summed E-state index contributed by atoms with van der Waals surface area (Å²) in [6, 6.07) is 1.79. The first-order chi connectivity index (χ1) is 6.90. The van der Waals surface area contributed by atoms with Crippen LogP contribution < -0.4 is 5.73 Å². The summed E-state index contributed by atoms with van der Waals surface area (Å²) in [6.07, 6.45) is 6.13. The van der Waals surface area contributed by atoms with Crippen LogP contribution in [0.15, 0.2) is 24.7 Å². The minimum atomic E-state index is 0.650. The highest BCUT2D eigenvalue weighted by Crippen LogP contribution is 2.21. The molecular weight excluding hydrogens is 196 g/mol. The monoisotopic (exact) mass is 206 g/mol. The van der Waals surface area contributed by atoms with Gasteiger partial charge in [-0.25, -0.2) is 15.0 Å². The van der Waals surface area contributed by atoms with Gasteiger partial charge in [0.05, 0.1) is 0 Å². The first-order valence-electron chi connectivity index (χ1n) is 4.32. The summed E-state index contributed by atoms with van der Waals surface area (Å²) in [4.78, 5) is 13.7. The van der Waals surface area contributed by atoms with E-state index in [2.05, 4.69) is 15.0 Å². The molecule has 2 aromatic rings. The Bertz CT molecular complexity index is 398. The van der Waals surface area contributed by atoms with E-state index in [4.69, 9.17) is 5.73 Å². The summed E-state index contributed by atoms with van der Waals surface area (Å²) in [6.45, 7) is 0.650. The first-order valence-corrected chi connectivity index (χ1v) is 5.14. The second-order valence-electron chi connectivity index (χ2n) is 2.74. The Labute approximate surface area is 85.9 Å². The zero-order chi connectivity index (χ0) is 9.80. The van der Waals surface area contributed by atoms with Gasteiger partial charge in [0.1, 0.15) is 0 Å². The van der Waals surface area contributed by atoms with Gasteiger partial charge in [-0.1, -0.05) is 0 Å². The van der Waals surface area contributed by atoms with Crippen molar-refractivity contribution in [3.63, 3.8) is 0 Å². The van der Waals surface area contributed by atoms with E-state index < -0.39 is 0 Å². The molecule has 0 saturated carbocycles. The van der Waals surface area contributed by atoms with Crippen molar-refractivity contribution < 1.29 is 0 Å². The van der Waals surface area contributed by atoms with Gasteiger partial charge in [0, 0.05) is 23.5 Å². The maximum atomic E-state index is 5.46. The van der Waals surface area contributed by atoms with Gasteiger partial charge in [-0.05, 0) is 19.0 Å². The average Bonchev–Trinajstić information content (AvgIpc) is 2.68. The van der Waals surface area contributed by atoms with E-state index in [0.29, 0.717) is 12.4 Å². The van der Waals surface area contributed by atoms with Crippen molar-refractivity contribution in [1.82, 2.24) is 15.0 Å². The van der Waals surface area contributed by atoms with Crippen LogP contribution in [-0.2, 0) is 6.42 Å². The van der Waals surface area contributed by atoms with Crippen molar-refractivity contribution >= 4 is 11.3 Å². The highest BCUT2D eigenvalue weighted by molar-refractivity contribution is 7.14. The van der Waals surface area contributed by atoms with Gasteiger partial charge in [0.15, 0.2) is 10.8 Å². The van der Waals surface area contributed by atoms with Gasteiger partial charge in [-0.3, -0.25) is 0 Å². The van der Waals surface area contributed by atoms with Crippen LogP contribution in [0.25, 0.3) is 10.8 Å². The lowest BCUT2D eigenvalue weighted by atomic mass is 10.4. The predicted molar refractivity (Wildman–Crippen MR) is 55.9 cm³/mol. The largest absolute Gasteiger partial charge is 0.330 e. The van der Waals surface area contributed by atoms with Crippen LogP contribution in [0.2, 0.25) is 0 Å². The fourth-order valence-electron chi connectivity index (χ4n) is 1.08. The molecule has 2 N–H and O–H groups in total. The third kappa shape index (κ3) is 1.94. The van der Waals surface area contributed by atoms with Crippen LogP contribution in [0.3, 0.4) is 0 Å². The quantitative estimate of drug-likeness (QED) is 0.816. The molecule has 2 rings (SSSR count). The van der Waals surface area contributed by atoms with Crippen molar-refractivity contribution in [2.75, 3.05) is 6.54 Å². The van der Waals surface area contributed by atoms with Crippen LogP contribution in [0.5, 0.6) is 0 Å². The Morgan fingerprint density at radius 2 is 2.00 bits per heavy atom. The van der Waals surface area contributed by atoms with Crippen molar-refractivity contribution in [2.24, 2.45) is 5.73 Å². The fraction of sp³-hybridized carbons (Fsp3) is 0.222. The smallest absolute Gasteiger partial charge is 0.188 e. The number of rotatable bonds is 3. The highest BCUT2D eigenvalue weighted by atomic mass is 32.1. The van der Waals surface area contributed by atoms with Crippen molar-refractivity contribution in [3.05, 3.63) is 29.5 Å². The highest BCUT2D eigenvalue weighted by Gasteiger charge is 2.05. The van der Waals surface area contributed by atoms with E-state index in [-0.39, 0.29) is 0 Å². The van der Waals surface area contributed by atoms with E-state index >= 15 is 0 Å². The molecule has 0 bridgehead atoms. The molecule has 0 unspecified atom stereocenters. The molecule has 2 heterocycles. The summed E-state index contributed by atoms with van der Waals surface area (Å²) in [5, 5.41) is 0.856. The number of nitrogens with zero attached hydrogens (tertiary/aromatic N) is 3. The minimum absolute atomic E-state index is 0.650. The van der Waals surface area contributed by atoms with Gasteiger partial charge in [0.2, 0.25) is 0 Å². The minimum Gasteiger partial charge on any atom is -0.330 e. The molecule has 0 amide bonds. The molecule has 0 saturated heterocycles. The molecule has 72 valence electrons. The lowest BCUT2D eigenvalue weighted by Crippen LogP contribution is -2.00. The molecule has 2 aromatic heterocycles. The molecule has 0 aliphatic heterocycles. The summed E-state index contributed by atoms with van der Waals surface area (Å²) in [5.74, 6) is 0.681. The molecule has 14 heavy (non-hydrogen) atoms. The van der Waals surface area contributed by atoms with E-state index in [9.17, 15) is 0 Å². The molecule has 0 aliphatic carbocycles. The topological polar surface area (TPSA) is 64.7 Å². The Kier molecular flexibility index (Phi) is 2.81. The third-order valence-electron chi connectivity index (χ3n) is 1.70. The molecule has 0 aliphatic rings.